The lowest BCUT2D eigenvalue weighted by Crippen LogP contribution is -2.27. The third kappa shape index (κ3) is 3.17. The topological polar surface area (TPSA) is 63.4 Å². The van der Waals surface area contributed by atoms with Crippen LogP contribution in [-0.2, 0) is 6.54 Å². The fraction of sp³-hybridized carbons (Fsp3) is 0.250. The van der Waals surface area contributed by atoms with Gasteiger partial charge in [0.15, 0.2) is 0 Å². The summed E-state index contributed by atoms with van der Waals surface area (Å²) in [5.41, 5.74) is 2.72. The Hall–Kier alpha value is -2.47. The SMILES string of the molecule is Cc1cc(C)n2nc(C(=O)N(C)Cc3ccc(Cl)cc3)nc2n1. The molecule has 3 rings (SSSR count). The van der Waals surface area contributed by atoms with Crippen molar-refractivity contribution in [1.82, 2.24) is 24.5 Å². The Morgan fingerprint density at radius 3 is 2.61 bits per heavy atom. The van der Waals surface area contributed by atoms with E-state index in [2.05, 4.69) is 15.1 Å². The van der Waals surface area contributed by atoms with Crippen LogP contribution in [0.4, 0.5) is 0 Å². The Labute approximate surface area is 138 Å². The number of fused-ring (bicyclic) bond motifs is 1. The van der Waals surface area contributed by atoms with Gasteiger partial charge in [-0.15, -0.1) is 5.10 Å². The molecule has 0 unspecified atom stereocenters. The minimum atomic E-state index is -0.248. The van der Waals surface area contributed by atoms with Gasteiger partial charge in [0.05, 0.1) is 0 Å². The zero-order valence-electron chi connectivity index (χ0n) is 13.1. The normalized spacial score (nSPS) is 11.0. The van der Waals surface area contributed by atoms with Crippen LogP contribution in [0.2, 0.25) is 5.02 Å². The van der Waals surface area contributed by atoms with Gasteiger partial charge in [0.25, 0.3) is 11.7 Å². The Bertz CT molecular complexity index is 872. The summed E-state index contributed by atoms with van der Waals surface area (Å²) in [5.74, 6) is 0.330. The van der Waals surface area contributed by atoms with E-state index >= 15 is 0 Å². The maximum atomic E-state index is 12.5. The summed E-state index contributed by atoms with van der Waals surface area (Å²) < 4.78 is 1.58. The first kappa shape index (κ1) is 15.4. The first-order chi connectivity index (χ1) is 10.9. The molecule has 6 nitrogen and oxygen atoms in total. The molecule has 0 N–H and O–H groups in total. The minimum absolute atomic E-state index is 0.141. The first-order valence-electron chi connectivity index (χ1n) is 7.15. The standard InChI is InChI=1S/C16H16ClN5O/c1-10-8-11(2)22-16(18-10)19-14(20-22)15(23)21(3)9-12-4-6-13(17)7-5-12/h4-8H,9H2,1-3H3. The molecule has 2 aromatic heterocycles. The van der Waals surface area contributed by atoms with Crippen LogP contribution in [0, 0.1) is 13.8 Å². The summed E-state index contributed by atoms with van der Waals surface area (Å²) in [6.07, 6.45) is 0. The van der Waals surface area contributed by atoms with Gasteiger partial charge in [-0.05, 0) is 37.6 Å². The van der Waals surface area contributed by atoms with Crippen molar-refractivity contribution in [2.75, 3.05) is 7.05 Å². The second-order valence-electron chi connectivity index (χ2n) is 5.47. The number of carbonyl (C=O) groups excluding carboxylic acids is 1. The quantitative estimate of drug-likeness (QED) is 0.741. The Morgan fingerprint density at radius 1 is 1.22 bits per heavy atom. The van der Waals surface area contributed by atoms with Crippen molar-refractivity contribution in [3.05, 3.63) is 58.1 Å². The molecule has 0 aliphatic heterocycles. The average molecular weight is 330 g/mol. The molecule has 0 aliphatic carbocycles. The van der Waals surface area contributed by atoms with E-state index in [1.54, 1.807) is 28.6 Å². The van der Waals surface area contributed by atoms with Crippen LogP contribution in [0.1, 0.15) is 27.6 Å². The van der Waals surface area contributed by atoms with Crippen LogP contribution in [0.25, 0.3) is 5.78 Å². The zero-order chi connectivity index (χ0) is 16.6. The van der Waals surface area contributed by atoms with Crippen LogP contribution < -0.4 is 0 Å². The predicted octanol–water partition coefficient (Wildman–Crippen LogP) is 2.67. The number of carbonyl (C=O) groups is 1. The summed E-state index contributed by atoms with van der Waals surface area (Å²) in [5, 5.41) is 4.93. The molecule has 0 spiro atoms. The van der Waals surface area contributed by atoms with Crippen LogP contribution in [0.3, 0.4) is 0 Å². The highest BCUT2D eigenvalue weighted by Crippen LogP contribution is 2.12. The molecular formula is C16H16ClN5O. The number of hydrogen-bond acceptors (Lipinski definition) is 4. The molecule has 3 aromatic rings. The number of rotatable bonds is 3. The molecule has 0 bridgehead atoms. The minimum Gasteiger partial charge on any atom is -0.335 e. The number of halogens is 1. The van der Waals surface area contributed by atoms with Gasteiger partial charge in [-0.2, -0.15) is 4.98 Å². The van der Waals surface area contributed by atoms with Gasteiger partial charge in [-0.25, -0.2) is 9.50 Å². The molecule has 0 aliphatic rings. The van der Waals surface area contributed by atoms with Crippen LogP contribution in [0.15, 0.2) is 30.3 Å². The van der Waals surface area contributed by atoms with Gasteiger partial charge < -0.3 is 4.90 Å². The summed E-state index contributed by atoms with van der Waals surface area (Å²) in [4.78, 5) is 22.6. The van der Waals surface area contributed by atoms with Crippen LogP contribution in [0.5, 0.6) is 0 Å². The van der Waals surface area contributed by atoms with E-state index in [1.165, 1.54) is 0 Å². The predicted molar refractivity (Wildman–Crippen MR) is 87.5 cm³/mol. The Kier molecular flexibility index (Phi) is 4.00. The fourth-order valence-corrected chi connectivity index (χ4v) is 2.49. The van der Waals surface area contributed by atoms with Gasteiger partial charge in [0, 0.05) is 30.0 Å². The van der Waals surface area contributed by atoms with Crippen molar-refractivity contribution in [2.45, 2.75) is 20.4 Å². The molecule has 1 aromatic carbocycles. The summed E-state index contributed by atoms with van der Waals surface area (Å²) in [6, 6.07) is 9.27. The Balaban J connectivity index is 1.84. The lowest BCUT2D eigenvalue weighted by molar-refractivity contribution is 0.0773. The number of benzene rings is 1. The van der Waals surface area contributed by atoms with Crippen LogP contribution in [-0.4, -0.2) is 37.4 Å². The first-order valence-corrected chi connectivity index (χ1v) is 7.53. The average Bonchev–Trinajstić information content (AvgIpc) is 2.93. The van der Waals surface area contributed by atoms with Gasteiger partial charge in [0.1, 0.15) is 0 Å². The molecule has 0 atom stereocenters. The summed E-state index contributed by atoms with van der Waals surface area (Å²) >= 11 is 5.87. The molecule has 0 fully saturated rings. The van der Waals surface area contributed by atoms with E-state index in [0.29, 0.717) is 17.3 Å². The fourth-order valence-electron chi connectivity index (χ4n) is 2.36. The van der Waals surface area contributed by atoms with Gasteiger partial charge in [-0.3, -0.25) is 4.79 Å². The van der Waals surface area contributed by atoms with E-state index in [4.69, 9.17) is 11.6 Å². The van der Waals surface area contributed by atoms with Gasteiger partial charge >= 0.3 is 0 Å². The maximum absolute atomic E-state index is 12.5. The second kappa shape index (κ2) is 5.96. The largest absolute Gasteiger partial charge is 0.335 e. The molecular weight excluding hydrogens is 314 g/mol. The molecule has 2 heterocycles. The zero-order valence-corrected chi connectivity index (χ0v) is 13.9. The van der Waals surface area contributed by atoms with E-state index in [-0.39, 0.29) is 11.7 Å². The van der Waals surface area contributed by atoms with Gasteiger partial charge in [0.2, 0.25) is 5.82 Å². The molecule has 23 heavy (non-hydrogen) atoms. The highest BCUT2D eigenvalue weighted by Gasteiger charge is 2.19. The van der Waals surface area contributed by atoms with E-state index < -0.39 is 0 Å². The van der Waals surface area contributed by atoms with Crippen molar-refractivity contribution >= 4 is 23.3 Å². The number of aromatic nitrogens is 4. The molecule has 118 valence electrons. The molecule has 0 saturated heterocycles. The molecule has 0 saturated carbocycles. The summed E-state index contributed by atoms with van der Waals surface area (Å²) in [7, 11) is 1.72. The third-order valence-electron chi connectivity index (χ3n) is 3.49. The third-order valence-corrected chi connectivity index (χ3v) is 3.74. The molecule has 1 amide bonds. The monoisotopic (exact) mass is 329 g/mol. The molecule has 0 radical (unpaired) electrons. The Morgan fingerprint density at radius 2 is 1.91 bits per heavy atom. The highest BCUT2D eigenvalue weighted by molar-refractivity contribution is 6.30. The van der Waals surface area contributed by atoms with Crippen molar-refractivity contribution in [3.63, 3.8) is 0 Å². The number of aryl methyl sites for hydroxylation is 2. The van der Waals surface area contributed by atoms with Crippen molar-refractivity contribution < 1.29 is 4.79 Å². The van der Waals surface area contributed by atoms with Crippen LogP contribution >= 0.6 is 11.6 Å². The maximum Gasteiger partial charge on any atom is 0.293 e. The van der Waals surface area contributed by atoms with E-state index in [1.807, 2.05) is 32.0 Å². The summed E-state index contributed by atoms with van der Waals surface area (Å²) in [6.45, 7) is 4.24. The van der Waals surface area contributed by atoms with Crippen molar-refractivity contribution in [1.29, 1.82) is 0 Å². The molecule has 7 heteroatoms. The lowest BCUT2D eigenvalue weighted by atomic mass is 10.2. The van der Waals surface area contributed by atoms with E-state index in [9.17, 15) is 4.79 Å². The number of hydrogen-bond donors (Lipinski definition) is 0. The van der Waals surface area contributed by atoms with Crippen molar-refractivity contribution in [2.24, 2.45) is 0 Å². The number of nitrogens with zero attached hydrogens (tertiary/aromatic N) is 5. The van der Waals surface area contributed by atoms with Gasteiger partial charge in [-0.1, -0.05) is 23.7 Å². The van der Waals surface area contributed by atoms with Crippen molar-refractivity contribution in [3.8, 4) is 0 Å². The smallest absolute Gasteiger partial charge is 0.293 e. The number of amides is 1. The second-order valence-corrected chi connectivity index (χ2v) is 5.91. The lowest BCUT2D eigenvalue weighted by Gasteiger charge is -2.15. The van der Waals surface area contributed by atoms with E-state index in [0.717, 1.165) is 17.0 Å². The highest BCUT2D eigenvalue weighted by atomic mass is 35.5.